The molecule has 0 saturated carbocycles. The number of aliphatic imine (C=N–C) groups is 2. The second-order valence-electron chi connectivity index (χ2n) is 9.75. The molecule has 10 N–H and O–H groups in total. The molecule has 1 aliphatic rings. The zero-order chi connectivity index (χ0) is 29.9. The summed E-state index contributed by atoms with van der Waals surface area (Å²) < 4.78 is 0.859. The quantitative estimate of drug-likeness (QED) is 0.0727. The van der Waals surface area contributed by atoms with Crippen molar-refractivity contribution in [3.63, 3.8) is 0 Å². The van der Waals surface area contributed by atoms with Crippen LogP contribution in [-0.2, 0) is 14.4 Å². The van der Waals surface area contributed by atoms with E-state index in [-0.39, 0.29) is 47.5 Å². The molecule has 1 saturated heterocycles. The van der Waals surface area contributed by atoms with Crippen molar-refractivity contribution in [2.75, 3.05) is 19.6 Å². The number of Topliss-reactive ketones (excluding diaryl/α,β-unsaturated/α-hetero) is 1. The van der Waals surface area contributed by atoms with Gasteiger partial charge in [0.1, 0.15) is 12.1 Å². The van der Waals surface area contributed by atoms with Gasteiger partial charge in [0.25, 0.3) is 0 Å². The molecule has 0 bridgehead atoms. The lowest BCUT2D eigenvalue weighted by atomic mass is 10.0. The number of aromatic nitrogens is 1. The van der Waals surface area contributed by atoms with E-state index >= 15 is 0 Å². The predicted octanol–water partition coefficient (Wildman–Crippen LogP) is -0.433. The Balaban J connectivity index is 1.75. The summed E-state index contributed by atoms with van der Waals surface area (Å²) >= 11 is 1.25. The predicted molar refractivity (Wildman–Crippen MR) is 158 cm³/mol. The number of carbonyl (C=O) groups is 4. The second-order valence-corrected chi connectivity index (χ2v) is 10.8. The number of para-hydroxylation sites is 1. The summed E-state index contributed by atoms with van der Waals surface area (Å²) in [6.07, 6.45) is 2.49. The zero-order valence-corrected chi connectivity index (χ0v) is 23.9. The van der Waals surface area contributed by atoms with Crippen LogP contribution in [0.15, 0.2) is 34.3 Å². The van der Waals surface area contributed by atoms with Crippen LogP contribution in [0, 0.1) is 0 Å². The third-order valence-corrected chi connectivity index (χ3v) is 7.59. The summed E-state index contributed by atoms with van der Waals surface area (Å²) in [5, 5.41) is 5.82. The van der Waals surface area contributed by atoms with Gasteiger partial charge in [0.2, 0.25) is 23.5 Å². The molecule has 2 heterocycles. The molecule has 15 heteroatoms. The van der Waals surface area contributed by atoms with Crippen molar-refractivity contribution in [2.45, 2.75) is 63.6 Å². The minimum absolute atomic E-state index is 0.0584. The molecule has 1 aromatic heterocycles. The highest BCUT2D eigenvalue weighted by molar-refractivity contribution is 7.20. The number of rotatable bonds is 14. The van der Waals surface area contributed by atoms with Crippen LogP contribution in [-0.4, -0.2) is 83.1 Å². The first kappa shape index (κ1) is 31.3. The van der Waals surface area contributed by atoms with Gasteiger partial charge in [-0.05, 0) is 50.7 Å². The maximum absolute atomic E-state index is 13.5. The highest BCUT2D eigenvalue weighted by Crippen LogP contribution is 2.24. The Bertz CT molecular complexity index is 1270. The monoisotopic (exact) mass is 586 g/mol. The number of amides is 3. The average Bonchev–Trinajstić information content (AvgIpc) is 3.58. The molecule has 14 nitrogen and oxygen atoms in total. The van der Waals surface area contributed by atoms with Gasteiger partial charge in [0, 0.05) is 26.6 Å². The van der Waals surface area contributed by atoms with Crippen LogP contribution in [0.5, 0.6) is 0 Å². The van der Waals surface area contributed by atoms with E-state index in [1.165, 1.54) is 23.2 Å². The molecule has 3 rings (SSSR count). The van der Waals surface area contributed by atoms with Gasteiger partial charge in [-0.2, -0.15) is 0 Å². The number of likely N-dealkylation sites (tertiary alicyclic amines) is 1. The van der Waals surface area contributed by atoms with Crippen molar-refractivity contribution < 1.29 is 19.2 Å². The molecule has 0 radical (unpaired) electrons. The van der Waals surface area contributed by atoms with Crippen molar-refractivity contribution in [1.29, 1.82) is 0 Å². The number of carbonyl (C=O) groups excluding carboxylic acids is 4. The van der Waals surface area contributed by atoms with E-state index in [1.807, 2.05) is 24.3 Å². The first-order chi connectivity index (χ1) is 19.6. The van der Waals surface area contributed by atoms with Crippen LogP contribution < -0.4 is 33.6 Å². The van der Waals surface area contributed by atoms with E-state index in [2.05, 4.69) is 25.6 Å². The molecular weight excluding hydrogens is 548 g/mol. The number of hydrogen-bond acceptors (Lipinski definition) is 8. The minimum Gasteiger partial charge on any atom is -0.370 e. The van der Waals surface area contributed by atoms with Crippen LogP contribution in [0.4, 0.5) is 0 Å². The third-order valence-electron chi connectivity index (χ3n) is 6.54. The van der Waals surface area contributed by atoms with Gasteiger partial charge in [0.15, 0.2) is 16.9 Å². The van der Waals surface area contributed by atoms with E-state index in [1.54, 1.807) is 0 Å². The van der Waals surface area contributed by atoms with E-state index in [0.29, 0.717) is 50.7 Å². The van der Waals surface area contributed by atoms with Crippen molar-refractivity contribution in [3.8, 4) is 0 Å². The van der Waals surface area contributed by atoms with Crippen LogP contribution in [0.25, 0.3) is 10.2 Å². The molecule has 222 valence electrons. The summed E-state index contributed by atoms with van der Waals surface area (Å²) in [5.74, 6) is -1.63. The SMILES string of the molecule is CC(=O)N[C@@H](CCCN=C(N)N)C(=O)N1CCC[C@H]1C(=O)NC(CCCN=C(N)N)C(=O)c1nc2ccccc2s1. The minimum atomic E-state index is -0.888. The molecule has 3 atom stereocenters. The van der Waals surface area contributed by atoms with Gasteiger partial charge in [-0.3, -0.25) is 29.2 Å². The smallest absolute Gasteiger partial charge is 0.245 e. The Kier molecular flexibility index (Phi) is 11.4. The van der Waals surface area contributed by atoms with Gasteiger partial charge in [0.05, 0.1) is 16.3 Å². The van der Waals surface area contributed by atoms with Crippen LogP contribution in [0.1, 0.15) is 55.3 Å². The van der Waals surface area contributed by atoms with Gasteiger partial charge >= 0.3 is 0 Å². The first-order valence-electron chi connectivity index (χ1n) is 13.4. The summed E-state index contributed by atoms with van der Waals surface area (Å²) in [4.78, 5) is 66.1. The van der Waals surface area contributed by atoms with E-state index in [4.69, 9.17) is 22.9 Å². The molecule has 0 spiro atoms. The largest absolute Gasteiger partial charge is 0.370 e. The number of fused-ring (bicyclic) bond motifs is 1. The summed E-state index contributed by atoms with van der Waals surface area (Å²) in [6, 6.07) is 4.88. The summed E-state index contributed by atoms with van der Waals surface area (Å²) in [5.41, 5.74) is 22.3. The Hall–Kier alpha value is -4.27. The van der Waals surface area contributed by atoms with Gasteiger partial charge in [-0.15, -0.1) is 11.3 Å². The number of guanidine groups is 2. The molecule has 41 heavy (non-hydrogen) atoms. The lowest BCUT2D eigenvalue weighted by Crippen LogP contribution is -2.55. The van der Waals surface area contributed by atoms with E-state index in [9.17, 15) is 19.2 Å². The summed E-state index contributed by atoms with van der Waals surface area (Å²) in [7, 11) is 0. The van der Waals surface area contributed by atoms with Crippen LogP contribution >= 0.6 is 11.3 Å². The van der Waals surface area contributed by atoms with Gasteiger partial charge in [-0.25, -0.2) is 4.98 Å². The first-order valence-corrected chi connectivity index (χ1v) is 14.3. The average molecular weight is 587 g/mol. The van der Waals surface area contributed by atoms with Gasteiger partial charge in [-0.1, -0.05) is 12.1 Å². The molecule has 3 amide bonds. The van der Waals surface area contributed by atoms with Crippen molar-refractivity contribution in [1.82, 2.24) is 20.5 Å². The number of benzene rings is 1. The molecule has 1 unspecified atom stereocenters. The van der Waals surface area contributed by atoms with Crippen LogP contribution in [0.2, 0.25) is 0 Å². The molecule has 1 aromatic carbocycles. The maximum Gasteiger partial charge on any atom is 0.245 e. The van der Waals surface area contributed by atoms with Crippen molar-refractivity contribution >= 4 is 57.0 Å². The number of thiazole rings is 1. The normalized spacial score (nSPS) is 16.0. The Morgan fingerprint density at radius 1 is 1.00 bits per heavy atom. The number of nitrogens with two attached hydrogens (primary N) is 4. The molecule has 1 fully saturated rings. The Morgan fingerprint density at radius 2 is 1.63 bits per heavy atom. The van der Waals surface area contributed by atoms with Crippen molar-refractivity contribution in [3.05, 3.63) is 29.3 Å². The number of nitrogens with zero attached hydrogens (tertiary/aromatic N) is 4. The third kappa shape index (κ3) is 9.13. The standard InChI is InChI=1S/C26H38N10O4S/c1-15(37)33-18(9-5-13-32-26(29)30)24(40)36-14-6-10-19(36)22(39)34-17(8-4-12-31-25(27)28)21(38)23-35-16-7-2-3-11-20(16)41-23/h2-3,7,11,17-19H,4-6,8-10,12-14H2,1H3,(H,33,37)(H,34,39)(H4,27,28,31)(H4,29,30,32)/t17?,18-,19-/m0/s1. The summed E-state index contributed by atoms with van der Waals surface area (Å²) in [6.45, 7) is 2.26. The highest BCUT2D eigenvalue weighted by atomic mass is 32.1. The fraction of sp³-hybridized carbons (Fsp3) is 0.500. The van der Waals surface area contributed by atoms with E-state index < -0.39 is 24.0 Å². The van der Waals surface area contributed by atoms with Gasteiger partial charge < -0.3 is 38.5 Å². The second kappa shape index (κ2) is 14.9. The number of hydrogen-bond donors (Lipinski definition) is 6. The zero-order valence-electron chi connectivity index (χ0n) is 23.0. The lowest BCUT2D eigenvalue weighted by molar-refractivity contribution is -0.141. The lowest BCUT2D eigenvalue weighted by Gasteiger charge is -2.29. The fourth-order valence-corrected chi connectivity index (χ4v) is 5.64. The Labute approximate surface area is 242 Å². The number of nitrogens with one attached hydrogen (secondary N) is 2. The fourth-order valence-electron chi connectivity index (χ4n) is 4.68. The molecule has 2 aromatic rings. The number of ketones is 1. The highest BCUT2D eigenvalue weighted by Gasteiger charge is 2.38. The Morgan fingerprint density at radius 3 is 2.24 bits per heavy atom. The maximum atomic E-state index is 13.5. The molecular formula is C26H38N10O4S. The molecule has 0 aliphatic carbocycles. The van der Waals surface area contributed by atoms with E-state index in [0.717, 1.165) is 4.70 Å². The molecule has 1 aliphatic heterocycles. The topological polar surface area (TPSA) is 237 Å². The van der Waals surface area contributed by atoms with Crippen LogP contribution in [0.3, 0.4) is 0 Å². The van der Waals surface area contributed by atoms with Crippen molar-refractivity contribution in [2.24, 2.45) is 32.9 Å².